The molecule has 2 aliphatic rings. The molecule has 1 saturated heterocycles. The minimum atomic E-state index is -1.24. The van der Waals surface area contributed by atoms with E-state index < -0.39 is 5.67 Å². The van der Waals surface area contributed by atoms with E-state index in [1.165, 1.54) is 6.08 Å². The van der Waals surface area contributed by atoms with Gasteiger partial charge in [0, 0.05) is 48.9 Å². The highest BCUT2D eigenvalue weighted by atomic mass is 19.1. The summed E-state index contributed by atoms with van der Waals surface area (Å²) in [5, 5.41) is 29.3. The Balaban J connectivity index is 1.32. The molecule has 2 aromatic heterocycles. The van der Waals surface area contributed by atoms with Gasteiger partial charge in [0.2, 0.25) is 0 Å². The van der Waals surface area contributed by atoms with Crippen LogP contribution in [-0.4, -0.2) is 56.8 Å². The Labute approximate surface area is 173 Å². The summed E-state index contributed by atoms with van der Waals surface area (Å²) in [4.78, 5) is 2.13. The van der Waals surface area contributed by atoms with Gasteiger partial charge in [0.25, 0.3) is 0 Å². The van der Waals surface area contributed by atoms with Crippen molar-refractivity contribution in [2.45, 2.75) is 18.1 Å². The van der Waals surface area contributed by atoms with Gasteiger partial charge in [-0.05, 0) is 36.2 Å². The maximum Gasteiger partial charge on any atom is 0.151 e. The average Bonchev–Trinajstić information content (AvgIpc) is 3.19. The fourth-order valence-electron chi connectivity index (χ4n) is 4.22. The lowest BCUT2D eigenvalue weighted by atomic mass is 10.0. The van der Waals surface area contributed by atoms with Gasteiger partial charge in [-0.1, -0.05) is 18.7 Å². The number of rotatable bonds is 5. The van der Waals surface area contributed by atoms with Crippen molar-refractivity contribution < 1.29 is 9.50 Å². The second-order valence-corrected chi connectivity index (χ2v) is 7.94. The third-order valence-electron chi connectivity index (χ3n) is 6.10. The molecular weight excluding hydrogens is 383 g/mol. The number of aromatic nitrogens is 4. The summed E-state index contributed by atoms with van der Waals surface area (Å²) in [6, 6.07) is 9.25. The molecule has 0 bridgehead atoms. The van der Waals surface area contributed by atoms with Gasteiger partial charge in [-0.2, -0.15) is 5.10 Å². The van der Waals surface area contributed by atoms with Crippen molar-refractivity contribution in [2.24, 2.45) is 5.92 Å². The largest absolute Gasteiger partial charge is 0.507 e. The average molecular weight is 406 g/mol. The molecule has 2 unspecified atom stereocenters. The van der Waals surface area contributed by atoms with Crippen LogP contribution in [0, 0.1) is 5.92 Å². The number of aromatic amines is 1. The Morgan fingerprint density at radius 1 is 1.23 bits per heavy atom. The monoisotopic (exact) mass is 406 g/mol. The molecule has 7 nitrogen and oxygen atoms in total. The molecular formula is C22H23FN6O. The number of hydrogen-bond donors (Lipinski definition) is 3. The highest BCUT2D eigenvalue weighted by molar-refractivity contribution is 5.73. The summed E-state index contributed by atoms with van der Waals surface area (Å²) < 4.78 is 14.4. The predicted octanol–water partition coefficient (Wildman–Crippen LogP) is 2.93. The lowest BCUT2D eigenvalue weighted by Crippen LogP contribution is -2.52. The summed E-state index contributed by atoms with van der Waals surface area (Å²) in [6.07, 6.45) is 5.43. The molecule has 1 aromatic carbocycles. The maximum absolute atomic E-state index is 14.4. The van der Waals surface area contributed by atoms with E-state index in [1.807, 2.05) is 24.3 Å². The Morgan fingerprint density at radius 2 is 2.13 bits per heavy atom. The Morgan fingerprint density at radius 3 is 2.80 bits per heavy atom. The standard InChI is InChI=1S/C22H23FN6O/c1-2-22(23)10-17(22)19-13-29(8-7-24-19)21-6-5-18(27-28-21)16-4-3-14(9-20(16)30)15-11-25-26-12-15/h2-6,9,11-12,17,19,24,30H,1,7-8,10,13H2,(H,25,26)/t17?,19?,22-/m0/s1. The summed E-state index contributed by atoms with van der Waals surface area (Å²) in [7, 11) is 0. The van der Waals surface area contributed by atoms with E-state index in [0.29, 0.717) is 24.2 Å². The van der Waals surface area contributed by atoms with Crippen LogP contribution < -0.4 is 10.2 Å². The van der Waals surface area contributed by atoms with Crippen LogP contribution >= 0.6 is 0 Å². The quantitative estimate of drug-likeness (QED) is 0.565. The van der Waals surface area contributed by atoms with Gasteiger partial charge in [-0.25, -0.2) is 4.39 Å². The zero-order valence-corrected chi connectivity index (χ0v) is 16.4. The van der Waals surface area contributed by atoms with Crippen LogP contribution in [0.1, 0.15) is 6.42 Å². The lowest BCUT2D eigenvalue weighted by molar-refractivity contribution is 0.303. The van der Waals surface area contributed by atoms with Crippen LogP contribution in [0.3, 0.4) is 0 Å². The Bertz CT molecular complexity index is 1050. The molecule has 0 radical (unpaired) electrons. The molecule has 30 heavy (non-hydrogen) atoms. The summed E-state index contributed by atoms with van der Waals surface area (Å²) in [5.41, 5.74) is 1.74. The third kappa shape index (κ3) is 3.33. The number of piperazine rings is 1. The highest BCUT2D eigenvalue weighted by Gasteiger charge is 2.57. The molecule has 0 amide bonds. The molecule has 3 N–H and O–H groups in total. The molecule has 154 valence electrons. The van der Waals surface area contributed by atoms with E-state index >= 15 is 0 Å². The third-order valence-corrected chi connectivity index (χ3v) is 6.10. The van der Waals surface area contributed by atoms with Crippen LogP contribution in [-0.2, 0) is 0 Å². The van der Waals surface area contributed by atoms with Gasteiger partial charge in [0.1, 0.15) is 11.4 Å². The number of phenols is 1. The minimum Gasteiger partial charge on any atom is -0.507 e. The second kappa shape index (κ2) is 7.21. The van der Waals surface area contributed by atoms with E-state index in [1.54, 1.807) is 18.5 Å². The first-order valence-corrected chi connectivity index (χ1v) is 10.0. The number of hydrogen-bond acceptors (Lipinski definition) is 6. The molecule has 0 spiro atoms. The van der Waals surface area contributed by atoms with Gasteiger partial charge in [0.05, 0.1) is 11.9 Å². The molecule has 3 aromatic rings. The summed E-state index contributed by atoms with van der Waals surface area (Å²) >= 11 is 0. The number of nitrogens with one attached hydrogen (secondary N) is 2. The fraction of sp³-hybridized carbons (Fsp3) is 0.318. The van der Waals surface area contributed by atoms with Crippen LogP contribution in [0.4, 0.5) is 10.2 Å². The van der Waals surface area contributed by atoms with E-state index in [9.17, 15) is 9.50 Å². The first kappa shape index (κ1) is 18.7. The van der Waals surface area contributed by atoms with Gasteiger partial charge in [-0.15, -0.1) is 10.2 Å². The number of phenolic OH excluding ortho intramolecular Hbond substituents is 1. The first-order valence-electron chi connectivity index (χ1n) is 10.0. The molecule has 1 aliphatic carbocycles. The van der Waals surface area contributed by atoms with Gasteiger partial charge >= 0.3 is 0 Å². The molecule has 5 rings (SSSR count). The SMILES string of the molecule is C=C[C@]1(F)CC1C1CN(c2ccc(-c3ccc(-c4cn[nH]c4)cc3O)nn2)CCN1. The molecule has 1 saturated carbocycles. The van der Waals surface area contributed by atoms with Crippen molar-refractivity contribution in [2.75, 3.05) is 24.5 Å². The number of H-pyrrole nitrogens is 1. The second-order valence-electron chi connectivity index (χ2n) is 7.94. The van der Waals surface area contributed by atoms with E-state index in [-0.39, 0.29) is 17.7 Å². The van der Waals surface area contributed by atoms with E-state index in [0.717, 1.165) is 30.0 Å². The van der Waals surface area contributed by atoms with Crippen molar-refractivity contribution >= 4 is 5.82 Å². The number of nitrogens with zero attached hydrogens (tertiary/aromatic N) is 4. The fourth-order valence-corrected chi connectivity index (χ4v) is 4.22. The number of alkyl halides is 1. The van der Waals surface area contributed by atoms with Crippen molar-refractivity contribution in [1.82, 2.24) is 25.7 Å². The smallest absolute Gasteiger partial charge is 0.151 e. The molecule has 8 heteroatoms. The first-order chi connectivity index (χ1) is 14.6. The molecule has 3 heterocycles. The molecule has 2 fully saturated rings. The number of anilines is 1. The molecule has 1 aliphatic heterocycles. The van der Waals surface area contributed by atoms with Crippen LogP contribution in [0.15, 0.2) is 55.4 Å². The van der Waals surface area contributed by atoms with Crippen LogP contribution in [0.2, 0.25) is 0 Å². The predicted molar refractivity (Wildman–Crippen MR) is 113 cm³/mol. The topological polar surface area (TPSA) is 90.0 Å². The van der Waals surface area contributed by atoms with Gasteiger partial charge in [-0.3, -0.25) is 5.10 Å². The number of allylic oxidation sites excluding steroid dienone is 1. The van der Waals surface area contributed by atoms with Gasteiger partial charge in [0.15, 0.2) is 5.82 Å². The van der Waals surface area contributed by atoms with Crippen LogP contribution in [0.5, 0.6) is 5.75 Å². The summed E-state index contributed by atoms with van der Waals surface area (Å²) in [6.45, 7) is 5.86. The van der Waals surface area contributed by atoms with Crippen LogP contribution in [0.25, 0.3) is 22.4 Å². The maximum atomic E-state index is 14.4. The number of aromatic hydroxyl groups is 1. The van der Waals surface area contributed by atoms with Crippen molar-refractivity contribution in [3.8, 4) is 28.1 Å². The number of halogens is 1. The van der Waals surface area contributed by atoms with Crippen molar-refractivity contribution in [1.29, 1.82) is 0 Å². The zero-order chi connectivity index (χ0) is 20.7. The van der Waals surface area contributed by atoms with E-state index in [4.69, 9.17) is 0 Å². The van der Waals surface area contributed by atoms with Crippen molar-refractivity contribution in [3.63, 3.8) is 0 Å². The lowest BCUT2D eigenvalue weighted by Gasteiger charge is -2.34. The Hall–Kier alpha value is -3.26. The zero-order valence-electron chi connectivity index (χ0n) is 16.4. The summed E-state index contributed by atoms with van der Waals surface area (Å²) in [5.74, 6) is 0.856. The minimum absolute atomic E-state index is 0.0317. The molecule has 3 atom stereocenters. The highest BCUT2D eigenvalue weighted by Crippen LogP contribution is 2.50. The number of benzene rings is 1. The van der Waals surface area contributed by atoms with Crippen molar-refractivity contribution in [3.05, 3.63) is 55.4 Å². The normalized spacial score (nSPS) is 25.8. The Kier molecular flexibility index (Phi) is 4.51. The van der Waals surface area contributed by atoms with Gasteiger partial charge < -0.3 is 15.3 Å². The van der Waals surface area contributed by atoms with E-state index in [2.05, 4.69) is 37.2 Å².